The predicted octanol–water partition coefficient (Wildman–Crippen LogP) is 2.26. The molecule has 0 atom stereocenters. The third-order valence-corrected chi connectivity index (χ3v) is 3.66. The maximum Gasteiger partial charge on any atom is 0.234 e. The molecule has 0 saturated heterocycles. The first-order chi connectivity index (χ1) is 9.38. The second-order valence-electron chi connectivity index (χ2n) is 5.56. The Balaban J connectivity index is 2.14. The number of carbonyl (C=O) groups is 1. The maximum absolute atomic E-state index is 12.0. The van der Waals surface area contributed by atoms with Crippen molar-refractivity contribution < 1.29 is 4.79 Å². The minimum absolute atomic E-state index is 0.0167. The first-order valence-corrected chi connectivity index (χ1v) is 6.45. The summed E-state index contributed by atoms with van der Waals surface area (Å²) in [6.07, 6.45) is 0. The normalized spacial score (nSPS) is 15.8. The van der Waals surface area contributed by atoms with E-state index in [2.05, 4.69) is 15.3 Å². The number of rotatable bonds is 1. The van der Waals surface area contributed by atoms with Gasteiger partial charge < -0.3 is 11.1 Å². The molecule has 1 aromatic carbocycles. The van der Waals surface area contributed by atoms with E-state index >= 15 is 0 Å². The minimum Gasteiger partial charge on any atom is -0.384 e. The van der Waals surface area contributed by atoms with Gasteiger partial charge in [0.15, 0.2) is 0 Å². The second-order valence-corrected chi connectivity index (χ2v) is 5.56. The van der Waals surface area contributed by atoms with Crippen molar-refractivity contribution in [1.29, 1.82) is 0 Å². The van der Waals surface area contributed by atoms with Crippen LogP contribution in [-0.4, -0.2) is 15.9 Å². The van der Waals surface area contributed by atoms with E-state index in [1.165, 1.54) is 0 Å². The fraction of sp³-hybridized carbons (Fsp3) is 0.267. The number of nitrogens with two attached hydrogens (primary N) is 1. The molecule has 0 radical (unpaired) electrons. The number of hydrogen-bond acceptors (Lipinski definition) is 4. The van der Waals surface area contributed by atoms with Crippen molar-refractivity contribution in [3.63, 3.8) is 0 Å². The Morgan fingerprint density at radius 3 is 2.65 bits per heavy atom. The standard InChI is InChI=1S/C15H16N4O/c1-8-17-12(7-13(16)18-8)9-4-5-11-10(6-9)15(2,3)14(20)19-11/h4-7H,1-3H3,(H,19,20)(H2,16,17,18). The van der Waals surface area contributed by atoms with Gasteiger partial charge in [0.25, 0.3) is 0 Å². The average Bonchev–Trinajstić information content (AvgIpc) is 2.59. The number of hydrogen-bond donors (Lipinski definition) is 2. The lowest BCUT2D eigenvalue weighted by atomic mass is 9.85. The molecule has 1 amide bonds. The van der Waals surface area contributed by atoms with Crippen molar-refractivity contribution in [3.05, 3.63) is 35.7 Å². The van der Waals surface area contributed by atoms with Crippen LogP contribution in [0.25, 0.3) is 11.3 Å². The Bertz CT molecular complexity index is 702. The lowest BCUT2D eigenvalue weighted by molar-refractivity contribution is -0.119. The number of carbonyl (C=O) groups excluding carboxylic acids is 1. The molecule has 0 bridgehead atoms. The zero-order valence-electron chi connectivity index (χ0n) is 11.7. The number of aryl methyl sites for hydroxylation is 1. The molecule has 5 heteroatoms. The lowest BCUT2D eigenvalue weighted by Gasteiger charge is -2.15. The highest BCUT2D eigenvalue weighted by Gasteiger charge is 2.38. The monoisotopic (exact) mass is 268 g/mol. The van der Waals surface area contributed by atoms with Gasteiger partial charge in [-0.1, -0.05) is 6.07 Å². The molecule has 20 heavy (non-hydrogen) atoms. The van der Waals surface area contributed by atoms with Crippen molar-refractivity contribution >= 4 is 17.4 Å². The summed E-state index contributed by atoms with van der Waals surface area (Å²) in [5.41, 5.74) is 8.79. The molecule has 2 heterocycles. The average molecular weight is 268 g/mol. The van der Waals surface area contributed by atoms with E-state index in [9.17, 15) is 4.79 Å². The van der Waals surface area contributed by atoms with Crippen LogP contribution in [0.2, 0.25) is 0 Å². The summed E-state index contributed by atoms with van der Waals surface area (Å²) in [5, 5.41) is 2.89. The van der Waals surface area contributed by atoms with Crippen molar-refractivity contribution in [3.8, 4) is 11.3 Å². The molecular weight excluding hydrogens is 252 g/mol. The van der Waals surface area contributed by atoms with E-state index in [-0.39, 0.29) is 5.91 Å². The summed E-state index contributed by atoms with van der Waals surface area (Å²) >= 11 is 0. The van der Waals surface area contributed by atoms with E-state index in [0.717, 1.165) is 22.5 Å². The van der Waals surface area contributed by atoms with E-state index in [4.69, 9.17) is 5.73 Å². The van der Waals surface area contributed by atoms with Crippen molar-refractivity contribution in [2.45, 2.75) is 26.2 Å². The summed E-state index contributed by atoms with van der Waals surface area (Å²) in [4.78, 5) is 20.4. The molecule has 1 aliphatic heterocycles. The number of amides is 1. The molecule has 3 rings (SSSR count). The van der Waals surface area contributed by atoms with Crippen LogP contribution in [0.5, 0.6) is 0 Å². The van der Waals surface area contributed by atoms with Gasteiger partial charge >= 0.3 is 0 Å². The number of aromatic nitrogens is 2. The quantitative estimate of drug-likeness (QED) is 0.831. The highest BCUT2D eigenvalue weighted by atomic mass is 16.2. The molecular formula is C15H16N4O. The number of anilines is 2. The van der Waals surface area contributed by atoms with Crippen LogP contribution in [0.4, 0.5) is 11.5 Å². The van der Waals surface area contributed by atoms with Gasteiger partial charge in [-0.25, -0.2) is 9.97 Å². The Labute approximate surface area is 117 Å². The molecule has 0 spiro atoms. The highest BCUT2D eigenvalue weighted by Crippen LogP contribution is 2.39. The van der Waals surface area contributed by atoms with Gasteiger partial charge in [-0.05, 0) is 38.5 Å². The van der Waals surface area contributed by atoms with Gasteiger partial charge in [0.05, 0.1) is 11.1 Å². The van der Waals surface area contributed by atoms with Crippen molar-refractivity contribution in [1.82, 2.24) is 9.97 Å². The number of fused-ring (bicyclic) bond motifs is 1. The summed E-state index contributed by atoms with van der Waals surface area (Å²) in [6.45, 7) is 5.64. The van der Waals surface area contributed by atoms with E-state index in [1.807, 2.05) is 39.0 Å². The third-order valence-electron chi connectivity index (χ3n) is 3.66. The number of nitrogens with zero attached hydrogens (tertiary/aromatic N) is 2. The van der Waals surface area contributed by atoms with Gasteiger partial charge in [-0.2, -0.15) is 0 Å². The van der Waals surface area contributed by atoms with Crippen LogP contribution in [0, 0.1) is 6.92 Å². The largest absolute Gasteiger partial charge is 0.384 e. The van der Waals surface area contributed by atoms with Gasteiger partial charge in [0.2, 0.25) is 5.91 Å². The summed E-state index contributed by atoms with van der Waals surface area (Å²) in [7, 11) is 0. The minimum atomic E-state index is -0.529. The zero-order valence-corrected chi connectivity index (χ0v) is 11.7. The molecule has 1 aromatic heterocycles. The zero-order chi connectivity index (χ0) is 14.5. The predicted molar refractivity (Wildman–Crippen MR) is 78.3 cm³/mol. The Kier molecular flexibility index (Phi) is 2.54. The Morgan fingerprint density at radius 2 is 1.95 bits per heavy atom. The van der Waals surface area contributed by atoms with Crippen LogP contribution >= 0.6 is 0 Å². The van der Waals surface area contributed by atoms with Gasteiger partial charge in [-0.15, -0.1) is 0 Å². The molecule has 102 valence electrons. The van der Waals surface area contributed by atoms with E-state index < -0.39 is 5.41 Å². The maximum atomic E-state index is 12.0. The summed E-state index contributed by atoms with van der Waals surface area (Å²) < 4.78 is 0. The molecule has 0 unspecified atom stereocenters. The SMILES string of the molecule is Cc1nc(N)cc(-c2ccc3c(c2)C(C)(C)C(=O)N3)n1. The number of benzene rings is 1. The van der Waals surface area contributed by atoms with E-state index in [1.54, 1.807) is 6.07 Å². The summed E-state index contributed by atoms with van der Waals surface area (Å²) in [6, 6.07) is 7.58. The highest BCUT2D eigenvalue weighted by molar-refractivity contribution is 6.06. The fourth-order valence-corrected chi connectivity index (χ4v) is 2.47. The smallest absolute Gasteiger partial charge is 0.234 e. The number of nitrogen functional groups attached to an aromatic ring is 1. The Morgan fingerprint density at radius 1 is 1.20 bits per heavy atom. The molecule has 5 nitrogen and oxygen atoms in total. The molecule has 0 fully saturated rings. The molecule has 2 aromatic rings. The number of nitrogens with one attached hydrogen (secondary N) is 1. The molecule has 0 aliphatic carbocycles. The first-order valence-electron chi connectivity index (χ1n) is 6.45. The summed E-state index contributed by atoms with van der Waals surface area (Å²) in [5.74, 6) is 1.10. The van der Waals surface area contributed by atoms with Crippen LogP contribution < -0.4 is 11.1 Å². The van der Waals surface area contributed by atoms with Crippen molar-refractivity contribution in [2.75, 3.05) is 11.1 Å². The molecule has 0 saturated carbocycles. The fourth-order valence-electron chi connectivity index (χ4n) is 2.47. The van der Waals surface area contributed by atoms with Crippen molar-refractivity contribution in [2.24, 2.45) is 0 Å². The Hall–Kier alpha value is -2.43. The van der Waals surface area contributed by atoms with Crippen LogP contribution in [0.15, 0.2) is 24.3 Å². The van der Waals surface area contributed by atoms with Crippen LogP contribution in [-0.2, 0) is 10.2 Å². The molecule has 1 aliphatic rings. The van der Waals surface area contributed by atoms with E-state index in [0.29, 0.717) is 11.6 Å². The first kappa shape index (κ1) is 12.6. The molecule has 3 N–H and O–H groups in total. The van der Waals surface area contributed by atoms with Gasteiger partial charge in [0, 0.05) is 17.3 Å². The third kappa shape index (κ3) is 1.82. The van der Waals surface area contributed by atoms with Gasteiger partial charge in [-0.3, -0.25) is 4.79 Å². The van der Waals surface area contributed by atoms with Crippen LogP contribution in [0.1, 0.15) is 25.2 Å². The lowest BCUT2D eigenvalue weighted by Crippen LogP contribution is -2.26. The second kappa shape index (κ2) is 4.03. The topological polar surface area (TPSA) is 80.9 Å². The van der Waals surface area contributed by atoms with Gasteiger partial charge in [0.1, 0.15) is 11.6 Å². The van der Waals surface area contributed by atoms with Crippen LogP contribution in [0.3, 0.4) is 0 Å².